The average Bonchev–Trinajstić information content (AvgIpc) is 2.18. The largest absolute Gasteiger partial charge is 0.340 e. The van der Waals surface area contributed by atoms with Gasteiger partial charge in [0.2, 0.25) is 0 Å². The van der Waals surface area contributed by atoms with Crippen LogP contribution in [0.3, 0.4) is 0 Å². The number of aromatic nitrogens is 1. The number of alkyl halides is 1. The number of rotatable bonds is 3. The molecule has 1 aromatic rings. The van der Waals surface area contributed by atoms with Gasteiger partial charge in [-0.25, -0.2) is 4.98 Å². The summed E-state index contributed by atoms with van der Waals surface area (Å²) in [6.45, 7) is 0.656. The number of carbonyl (C=O) groups excluding carboxylic acids is 1. The van der Waals surface area contributed by atoms with Gasteiger partial charge >= 0.3 is 0 Å². The molecule has 0 saturated carbocycles. The van der Waals surface area contributed by atoms with Crippen LogP contribution in [0.25, 0.3) is 0 Å². The van der Waals surface area contributed by atoms with Crippen LogP contribution in [0, 0.1) is 0 Å². The SMILES string of the molecule is CN(CCBr)C(=O)c1ccc(Cl)cn1. The topological polar surface area (TPSA) is 33.2 Å². The van der Waals surface area contributed by atoms with E-state index in [2.05, 4.69) is 20.9 Å². The smallest absolute Gasteiger partial charge is 0.272 e. The molecule has 0 spiro atoms. The summed E-state index contributed by atoms with van der Waals surface area (Å²) in [6.07, 6.45) is 1.47. The molecule has 76 valence electrons. The van der Waals surface area contributed by atoms with Crippen molar-refractivity contribution in [2.45, 2.75) is 0 Å². The first-order valence-corrected chi connectivity index (χ1v) is 5.58. The zero-order chi connectivity index (χ0) is 10.6. The predicted octanol–water partition coefficient (Wildman–Crippen LogP) is 2.20. The predicted molar refractivity (Wildman–Crippen MR) is 60.0 cm³/mol. The highest BCUT2D eigenvalue weighted by molar-refractivity contribution is 9.09. The van der Waals surface area contributed by atoms with Gasteiger partial charge in [0.1, 0.15) is 5.69 Å². The third-order valence-electron chi connectivity index (χ3n) is 1.71. The molecule has 14 heavy (non-hydrogen) atoms. The van der Waals surface area contributed by atoms with Crippen LogP contribution in [-0.2, 0) is 0 Å². The van der Waals surface area contributed by atoms with E-state index in [0.29, 0.717) is 17.3 Å². The van der Waals surface area contributed by atoms with E-state index in [4.69, 9.17) is 11.6 Å². The molecule has 0 aliphatic carbocycles. The number of carbonyl (C=O) groups is 1. The molecule has 0 aliphatic heterocycles. The molecule has 1 heterocycles. The van der Waals surface area contributed by atoms with Crippen molar-refractivity contribution in [2.75, 3.05) is 18.9 Å². The molecule has 0 fully saturated rings. The highest BCUT2D eigenvalue weighted by atomic mass is 79.9. The summed E-state index contributed by atoms with van der Waals surface area (Å²) in [4.78, 5) is 17.2. The minimum atomic E-state index is -0.0962. The van der Waals surface area contributed by atoms with Crippen molar-refractivity contribution in [3.63, 3.8) is 0 Å². The van der Waals surface area contributed by atoms with E-state index < -0.39 is 0 Å². The number of nitrogens with zero attached hydrogens (tertiary/aromatic N) is 2. The van der Waals surface area contributed by atoms with Crippen molar-refractivity contribution in [3.8, 4) is 0 Å². The van der Waals surface area contributed by atoms with E-state index in [1.54, 1.807) is 24.1 Å². The molecule has 0 unspecified atom stereocenters. The van der Waals surface area contributed by atoms with Crippen LogP contribution in [0.2, 0.25) is 5.02 Å². The summed E-state index contributed by atoms with van der Waals surface area (Å²) in [5, 5.41) is 1.28. The number of amides is 1. The molecule has 5 heteroatoms. The molecule has 0 radical (unpaired) electrons. The summed E-state index contributed by atoms with van der Waals surface area (Å²) in [5.74, 6) is -0.0962. The van der Waals surface area contributed by atoms with Gasteiger partial charge in [0.15, 0.2) is 0 Å². The molecule has 0 bridgehead atoms. The van der Waals surface area contributed by atoms with Crippen LogP contribution < -0.4 is 0 Å². The molecule has 0 atom stereocenters. The van der Waals surface area contributed by atoms with Crippen molar-refractivity contribution < 1.29 is 4.79 Å². The summed E-state index contributed by atoms with van der Waals surface area (Å²) in [6, 6.07) is 3.28. The Kier molecular flexibility index (Phi) is 4.35. The third-order valence-corrected chi connectivity index (χ3v) is 2.29. The van der Waals surface area contributed by atoms with E-state index in [0.717, 1.165) is 5.33 Å². The fourth-order valence-electron chi connectivity index (χ4n) is 0.926. The van der Waals surface area contributed by atoms with Gasteiger partial charge in [-0.2, -0.15) is 0 Å². The van der Waals surface area contributed by atoms with Crippen molar-refractivity contribution in [1.29, 1.82) is 0 Å². The first kappa shape index (κ1) is 11.5. The molecule has 0 aliphatic rings. The van der Waals surface area contributed by atoms with Crippen molar-refractivity contribution in [2.24, 2.45) is 0 Å². The van der Waals surface area contributed by atoms with Crippen LogP contribution >= 0.6 is 27.5 Å². The van der Waals surface area contributed by atoms with Gasteiger partial charge in [-0.3, -0.25) is 4.79 Å². The van der Waals surface area contributed by atoms with E-state index >= 15 is 0 Å². The summed E-state index contributed by atoms with van der Waals surface area (Å²) in [7, 11) is 1.74. The maximum atomic E-state index is 11.6. The van der Waals surface area contributed by atoms with Gasteiger partial charge in [0.25, 0.3) is 5.91 Å². The fourth-order valence-corrected chi connectivity index (χ4v) is 1.57. The number of pyridine rings is 1. The van der Waals surface area contributed by atoms with Gasteiger partial charge in [0, 0.05) is 25.1 Å². The zero-order valence-corrected chi connectivity index (χ0v) is 10.0. The third kappa shape index (κ3) is 2.96. The fraction of sp³-hybridized carbons (Fsp3) is 0.333. The molecular weight excluding hydrogens is 267 g/mol. The minimum Gasteiger partial charge on any atom is -0.340 e. The first-order valence-electron chi connectivity index (χ1n) is 4.08. The average molecular weight is 278 g/mol. The molecule has 0 aromatic carbocycles. The molecule has 0 N–H and O–H groups in total. The van der Waals surface area contributed by atoms with Crippen molar-refractivity contribution in [3.05, 3.63) is 29.0 Å². The Balaban J connectivity index is 2.74. The van der Waals surface area contributed by atoms with Crippen molar-refractivity contribution in [1.82, 2.24) is 9.88 Å². The highest BCUT2D eigenvalue weighted by Crippen LogP contribution is 2.07. The zero-order valence-electron chi connectivity index (χ0n) is 7.70. The van der Waals surface area contributed by atoms with E-state index in [1.807, 2.05) is 0 Å². The van der Waals surface area contributed by atoms with Crippen LogP contribution in [0.1, 0.15) is 10.5 Å². The van der Waals surface area contributed by atoms with E-state index in [9.17, 15) is 4.79 Å². The summed E-state index contributed by atoms with van der Waals surface area (Å²) >= 11 is 8.93. The van der Waals surface area contributed by atoms with Crippen LogP contribution in [0.4, 0.5) is 0 Å². The molecule has 1 rings (SSSR count). The number of halogens is 2. The maximum Gasteiger partial charge on any atom is 0.272 e. The lowest BCUT2D eigenvalue weighted by atomic mass is 10.3. The van der Waals surface area contributed by atoms with Crippen LogP contribution in [-0.4, -0.2) is 34.7 Å². The molecule has 3 nitrogen and oxygen atoms in total. The second kappa shape index (κ2) is 5.32. The highest BCUT2D eigenvalue weighted by Gasteiger charge is 2.11. The van der Waals surface area contributed by atoms with Gasteiger partial charge in [0.05, 0.1) is 5.02 Å². The normalized spacial score (nSPS) is 9.93. The Morgan fingerprint density at radius 2 is 2.36 bits per heavy atom. The monoisotopic (exact) mass is 276 g/mol. The molecule has 1 aromatic heterocycles. The van der Waals surface area contributed by atoms with Crippen LogP contribution in [0.15, 0.2) is 18.3 Å². The first-order chi connectivity index (χ1) is 6.65. The van der Waals surface area contributed by atoms with Gasteiger partial charge in [-0.05, 0) is 12.1 Å². The lowest BCUT2D eigenvalue weighted by molar-refractivity contribution is 0.0798. The number of hydrogen-bond acceptors (Lipinski definition) is 2. The van der Waals surface area contributed by atoms with E-state index in [1.165, 1.54) is 6.20 Å². The minimum absolute atomic E-state index is 0.0962. The van der Waals surface area contributed by atoms with Gasteiger partial charge < -0.3 is 4.90 Å². The Morgan fingerprint density at radius 3 is 2.86 bits per heavy atom. The maximum absolute atomic E-state index is 11.6. The molecule has 1 amide bonds. The number of hydrogen-bond donors (Lipinski definition) is 0. The van der Waals surface area contributed by atoms with Gasteiger partial charge in [-0.15, -0.1) is 0 Å². The molecule has 0 saturated heterocycles. The Morgan fingerprint density at radius 1 is 1.64 bits per heavy atom. The van der Waals surface area contributed by atoms with E-state index in [-0.39, 0.29) is 5.91 Å². The van der Waals surface area contributed by atoms with Gasteiger partial charge in [-0.1, -0.05) is 27.5 Å². The molecular formula is C9H10BrClN2O. The Hall–Kier alpha value is -0.610. The second-order valence-corrected chi connectivity index (χ2v) is 4.01. The standard InChI is InChI=1S/C9H10BrClN2O/c1-13(5-4-10)9(14)8-3-2-7(11)6-12-8/h2-3,6H,4-5H2,1H3. The summed E-state index contributed by atoms with van der Waals surface area (Å²) in [5.41, 5.74) is 0.415. The second-order valence-electron chi connectivity index (χ2n) is 2.78. The lowest BCUT2D eigenvalue weighted by Gasteiger charge is -2.14. The van der Waals surface area contributed by atoms with Crippen molar-refractivity contribution >= 4 is 33.4 Å². The lowest BCUT2D eigenvalue weighted by Crippen LogP contribution is -2.29. The Labute approximate surface area is 96.2 Å². The summed E-state index contributed by atoms with van der Waals surface area (Å²) < 4.78 is 0. The van der Waals surface area contributed by atoms with Crippen LogP contribution in [0.5, 0.6) is 0 Å². The Bertz CT molecular complexity index is 315. The quantitative estimate of drug-likeness (QED) is 0.794.